The van der Waals surface area contributed by atoms with E-state index in [2.05, 4.69) is 0 Å². The maximum absolute atomic E-state index is 12.5. The summed E-state index contributed by atoms with van der Waals surface area (Å²) in [6, 6.07) is 0. The number of Topliss-reactive ketones (excluding diaryl/α,β-unsaturated/α-hetero) is 1. The van der Waals surface area contributed by atoms with E-state index in [0.29, 0.717) is 12.8 Å². The average Bonchev–Trinajstić information content (AvgIpc) is 2.47. The van der Waals surface area contributed by atoms with Crippen LogP contribution in [0.5, 0.6) is 0 Å². The van der Waals surface area contributed by atoms with Crippen LogP contribution in [0.3, 0.4) is 0 Å². The molecular weight excluding hydrogens is 131 g/mol. The monoisotopic (exact) mass is 136 g/mol. The van der Waals surface area contributed by atoms with Crippen molar-refractivity contribution < 1.29 is 9.18 Å². The molecule has 0 atom stereocenters. The molecule has 0 heterocycles. The minimum absolute atomic E-state index is 0.184. The van der Waals surface area contributed by atoms with E-state index in [9.17, 15) is 9.18 Å². The number of carbonyl (C=O) groups excluding carboxylic acids is 1. The van der Waals surface area contributed by atoms with Crippen molar-refractivity contribution in [3.05, 3.63) is 0 Å². The average molecular weight is 137 g/mol. The molecule has 0 saturated heterocycles. The molecule has 0 amide bonds. The topological polar surface area (TPSA) is 17.1 Å². The van der Waals surface area contributed by atoms with E-state index in [1.54, 1.807) is 0 Å². The van der Waals surface area contributed by atoms with Gasteiger partial charge < -0.3 is 0 Å². The second-order valence-corrected chi connectivity index (χ2v) is 2.29. The maximum atomic E-state index is 12.5. The second-order valence-electron chi connectivity index (χ2n) is 2.02. The van der Waals surface area contributed by atoms with Crippen LogP contribution in [0.4, 0.5) is 4.39 Å². The van der Waals surface area contributed by atoms with E-state index in [1.807, 2.05) is 0 Å². The Hall–Kier alpha value is -0.110. The van der Waals surface area contributed by atoms with Gasteiger partial charge in [-0.2, -0.15) is 0 Å². The summed E-state index contributed by atoms with van der Waals surface area (Å²) in [5.74, 6) is -0.643. The smallest absolute Gasteiger partial charge is 0.184 e. The first-order valence-corrected chi connectivity index (χ1v) is 3.01. The van der Waals surface area contributed by atoms with Crippen molar-refractivity contribution in [3.8, 4) is 0 Å². The second kappa shape index (κ2) is 1.69. The highest BCUT2D eigenvalue weighted by molar-refractivity contribution is 6.29. The Labute approximate surface area is 51.8 Å². The number of alkyl halides is 2. The summed E-state index contributed by atoms with van der Waals surface area (Å²) in [5, 5.41) is 0. The SMILES string of the molecule is O=C(CCl)C1(F)CC1. The van der Waals surface area contributed by atoms with Gasteiger partial charge in [-0.15, -0.1) is 11.6 Å². The quantitative estimate of drug-likeness (QED) is 0.523. The lowest BCUT2D eigenvalue weighted by Crippen LogP contribution is -2.17. The van der Waals surface area contributed by atoms with Gasteiger partial charge in [0.25, 0.3) is 0 Å². The summed E-state index contributed by atoms with van der Waals surface area (Å²) >= 11 is 5.09. The molecule has 0 bridgehead atoms. The molecule has 0 aliphatic heterocycles. The third-order valence-electron chi connectivity index (χ3n) is 1.31. The van der Waals surface area contributed by atoms with Crippen molar-refractivity contribution >= 4 is 17.4 Å². The molecule has 1 nitrogen and oxygen atoms in total. The third-order valence-corrected chi connectivity index (χ3v) is 1.55. The van der Waals surface area contributed by atoms with Crippen LogP contribution >= 0.6 is 11.6 Å². The fourth-order valence-electron chi connectivity index (χ4n) is 0.508. The van der Waals surface area contributed by atoms with Gasteiger partial charge in [0.2, 0.25) is 0 Å². The van der Waals surface area contributed by atoms with Crippen LogP contribution in [0.25, 0.3) is 0 Å². The van der Waals surface area contributed by atoms with Crippen LogP contribution in [0, 0.1) is 0 Å². The Balaban J connectivity index is 2.46. The van der Waals surface area contributed by atoms with Crippen molar-refractivity contribution in [1.82, 2.24) is 0 Å². The van der Waals surface area contributed by atoms with Crippen molar-refractivity contribution in [2.75, 3.05) is 5.88 Å². The minimum atomic E-state index is -1.51. The molecule has 1 fully saturated rings. The molecule has 0 N–H and O–H groups in total. The van der Waals surface area contributed by atoms with Crippen LogP contribution in [0.2, 0.25) is 0 Å². The molecule has 8 heavy (non-hydrogen) atoms. The molecule has 0 unspecified atom stereocenters. The van der Waals surface area contributed by atoms with Crippen molar-refractivity contribution in [3.63, 3.8) is 0 Å². The van der Waals surface area contributed by atoms with Gasteiger partial charge in [0.15, 0.2) is 11.5 Å². The lowest BCUT2D eigenvalue weighted by atomic mass is 10.3. The van der Waals surface area contributed by atoms with E-state index < -0.39 is 11.5 Å². The molecule has 1 aliphatic carbocycles. The maximum Gasteiger partial charge on any atom is 0.184 e. The van der Waals surface area contributed by atoms with Crippen LogP contribution < -0.4 is 0 Å². The first-order chi connectivity index (χ1) is 3.69. The number of carbonyl (C=O) groups is 1. The summed E-state index contributed by atoms with van der Waals surface area (Å²) in [6.45, 7) is 0. The van der Waals surface area contributed by atoms with Crippen LogP contribution in [-0.2, 0) is 4.79 Å². The molecule has 0 aromatic heterocycles. The number of hydrogen-bond donors (Lipinski definition) is 0. The van der Waals surface area contributed by atoms with E-state index in [4.69, 9.17) is 11.6 Å². The van der Waals surface area contributed by atoms with Gasteiger partial charge in [-0.25, -0.2) is 4.39 Å². The Morgan fingerprint density at radius 2 is 2.25 bits per heavy atom. The fourth-order valence-corrected chi connectivity index (χ4v) is 0.748. The van der Waals surface area contributed by atoms with Crippen molar-refractivity contribution in [2.45, 2.75) is 18.5 Å². The standard InChI is InChI=1S/C5H6ClFO/c6-3-4(8)5(7)1-2-5/h1-3H2. The molecular formula is C5H6ClFO. The molecule has 0 aromatic rings. The zero-order chi connectivity index (χ0) is 6.20. The van der Waals surface area contributed by atoms with Gasteiger partial charge in [-0.3, -0.25) is 4.79 Å². The van der Waals surface area contributed by atoms with E-state index in [1.165, 1.54) is 0 Å². The van der Waals surface area contributed by atoms with Gasteiger partial charge in [-0.1, -0.05) is 0 Å². The normalized spacial score (nSPS) is 22.8. The highest BCUT2D eigenvalue weighted by Crippen LogP contribution is 2.40. The van der Waals surface area contributed by atoms with Crippen LogP contribution in [0.1, 0.15) is 12.8 Å². The highest BCUT2D eigenvalue weighted by atomic mass is 35.5. The number of ketones is 1. The summed E-state index contributed by atoms with van der Waals surface area (Å²) < 4.78 is 12.5. The van der Waals surface area contributed by atoms with Gasteiger partial charge in [-0.05, 0) is 12.8 Å². The molecule has 1 aliphatic rings. The summed E-state index contributed by atoms with van der Waals surface area (Å²) in [7, 11) is 0. The Morgan fingerprint density at radius 1 is 1.75 bits per heavy atom. The zero-order valence-electron chi connectivity index (χ0n) is 4.29. The van der Waals surface area contributed by atoms with Crippen LogP contribution in [-0.4, -0.2) is 17.3 Å². The van der Waals surface area contributed by atoms with Gasteiger partial charge in [0.05, 0.1) is 5.88 Å². The highest BCUT2D eigenvalue weighted by Gasteiger charge is 2.49. The largest absolute Gasteiger partial charge is 0.295 e. The summed E-state index contributed by atoms with van der Waals surface area (Å²) in [5.41, 5.74) is -1.51. The predicted molar refractivity (Wildman–Crippen MR) is 28.8 cm³/mol. The lowest BCUT2D eigenvalue weighted by molar-refractivity contribution is -0.122. The number of halogens is 2. The number of rotatable bonds is 2. The molecule has 1 rings (SSSR count). The summed E-state index contributed by atoms with van der Waals surface area (Å²) in [6.07, 6.45) is 0.747. The first-order valence-electron chi connectivity index (χ1n) is 2.47. The molecule has 1 saturated carbocycles. The Bertz CT molecular complexity index is 120. The zero-order valence-corrected chi connectivity index (χ0v) is 5.04. The molecule has 0 spiro atoms. The molecule has 0 radical (unpaired) electrons. The van der Waals surface area contributed by atoms with E-state index in [-0.39, 0.29) is 5.88 Å². The van der Waals surface area contributed by atoms with Gasteiger partial charge in [0, 0.05) is 0 Å². The molecule has 46 valence electrons. The number of hydrogen-bond acceptors (Lipinski definition) is 1. The van der Waals surface area contributed by atoms with Crippen molar-refractivity contribution in [1.29, 1.82) is 0 Å². The van der Waals surface area contributed by atoms with Crippen molar-refractivity contribution in [2.24, 2.45) is 0 Å². The van der Waals surface area contributed by atoms with E-state index >= 15 is 0 Å². The molecule has 3 heteroatoms. The predicted octanol–water partition coefficient (Wildman–Crippen LogP) is 1.30. The summed E-state index contributed by atoms with van der Waals surface area (Å²) in [4.78, 5) is 10.4. The Kier molecular flexibility index (Phi) is 1.27. The lowest BCUT2D eigenvalue weighted by Gasteiger charge is -1.95. The molecule has 0 aromatic carbocycles. The van der Waals surface area contributed by atoms with Gasteiger partial charge >= 0.3 is 0 Å². The van der Waals surface area contributed by atoms with Gasteiger partial charge in [0.1, 0.15) is 0 Å². The first kappa shape index (κ1) is 6.02. The third kappa shape index (κ3) is 0.848. The van der Waals surface area contributed by atoms with E-state index in [0.717, 1.165) is 0 Å². The van der Waals surface area contributed by atoms with Crippen LogP contribution in [0.15, 0.2) is 0 Å². The fraction of sp³-hybridized carbons (Fsp3) is 0.800. The Morgan fingerprint density at radius 3 is 2.38 bits per heavy atom. The minimum Gasteiger partial charge on any atom is -0.295 e.